The zero-order valence-corrected chi connectivity index (χ0v) is 12.8. The minimum Gasteiger partial charge on any atom is -0.481 e. The fraction of sp³-hybridized carbons (Fsp3) is 0.846. The molecule has 2 aliphatic heterocycles. The first-order chi connectivity index (χ1) is 9.88. The summed E-state index contributed by atoms with van der Waals surface area (Å²) in [6.07, 6.45) is 1.61. The van der Waals surface area contributed by atoms with Crippen LogP contribution in [0, 0.1) is 5.92 Å². The molecule has 8 heteroatoms. The highest BCUT2D eigenvalue weighted by Gasteiger charge is 2.44. The summed E-state index contributed by atoms with van der Waals surface area (Å²) in [6, 6.07) is -0.586. The first-order valence-electron chi connectivity index (χ1n) is 7.21. The summed E-state index contributed by atoms with van der Waals surface area (Å²) in [5.41, 5.74) is 0. The van der Waals surface area contributed by atoms with E-state index in [4.69, 9.17) is 4.74 Å². The van der Waals surface area contributed by atoms with Crippen LogP contribution in [-0.2, 0) is 24.2 Å². The Morgan fingerprint density at radius 3 is 2.57 bits per heavy atom. The molecule has 0 saturated carbocycles. The van der Waals surface area contributed by atoms with Gasteiger partial charge in [-0.25, -0.2) is 8.42 Å². The van der Waals surface area contributed by atoms with Crippen molar-refractivity contribution in [3.05, 3.63) is 0 Å². The van der Waals surface area contributed by atoms with Crippen molar-refractivity contribution in [2.45, 2.75) is 37.5 Å². The second kappa shape index (κ2) is 6.31. The molecule has 7 nitrogen and oxygen atoms in total. The number of carboxylic acids is 1. The van der Waals surface area contributed by atoms with Crippen LogP contribution in [-0.4, -0.2) is 67.1 Å². The molecule has 2 saturated heterocycles. The third-order valence-corrected chi connectivity index (χ3v) is 6.41. The zero-order valence-electron chi connectivity index (χ0n) is 12.0. The molecule has 120 valence electrons. The summed E-state index contributed by atoms with van der Waals surface area (Å²) in [7, 11) is -3.42. The molecule has 3 atom stereocenters. The second-order valence-corrected chi connectivity index (χ2v) is 7.83. The van der Waals surface area contributed by atoms with Gasteiger partial charge in [0.2, 0.25) is 5.91 Å². The lowest BCUT2D eigenvalue weighted by atomic mass is 10.0. The molecule has 0 aromatic carbocycles. The Balaban J connectivity index is 2.20. The van der Waals surface area contributed by atoms with Crippen LogP contribution >= 0.6 is 0 Å². The Labute approximate surface area is 124 Å². The lowest BCUT2D eigenvalue weighted by Gasteiger charge is -2.33. The van der Waals surface area contributed by atoms with Gasteiger partial charge in [-0.15, -0.1) is 0 Å². The van der Waals surface area contributed by atoms with Gasteiger partial charge in [0.15, 0.2) is 9.84 Å². The maximum atomic E-state index is 12.6. The van der Waals surface area contributed by atoms with Gasteiger partial charge in [0.1, 0.15) is 11.2 Å². The Hall–Kier alpha value is -1.15. The van der Waals surface area contributed by atoms with Gasteiger partial charge in [0, 0.05) is 6.54 Å². The van der Waals surface area contributed by atoms with Gasteiger partial charge >= 0.3 is 5.97 Å². The molecule has 3 unspecified atom stereocenters. The van der Waals surface area contributed by atoms with Crippen LogP contribution in [0.25, 0.3) is 0 Å². The highest BCUT2D eigenvalue weighted by Crippen LogP contribution is 2.26. The maximum absolute atomic E-state index is 12.6. The maximum Gasteiger partial charge on any atom is 0.311 e. The minimum absolute atomic E-state index is 0.0322. The SMILES string of the molecule is CCN(C(=O)C1CCCCS1(=O)=O)C1COCC1C(=O)O. The summed E-state index contributed by atoms with van der Waals surface area (Å²) < 4.78 is 29.3. The van der Waals surface area contributed by atoms with E-state index in [-0.39, 0.29) is 25.5 Å². The third kappa shape index (κ3) is 3.21. The fourth-order valence-electron chi connectivity index (χ4n) is 3.06. The van der Waals surface area contributed by atoms with Crippen molar-refractivity contribution >= 4 is 21.7 Å². The summed E-state index contributed by atoms with van der Waals surface area (Å²) in [5.74, 6) is -2.25. The van der Waals surface area contributed by atoms with Gasteiger partial charge in [-0.2, -0.15) is 0 Å². The van der Waals surface area contributed by atoms with E-state index in [9.17, 15) is 23.1 Å². The molecular formula is C13H21NO6S. The summed E-state index contributed by atoms with van der Waals surface area (Å²) in [5, 5.41) is 8.16. The highest BCUT2D eigenvalue weighted by atomic mass is 32.2. The molecule has 2 rings (SSSR count). The quantitative estimate of drug-likeness (QED) is 0.776. The lowest BCUT2D eigenvalue weighted by molar-refractivity contribution is -0.145. The summed E-state index contributed by atoms with van der Waals surface area (Å²) in [4.78, 5) is 25.2. The van der Waals surface area contributed by atoms with Crippen LogP contribution < -0.4 is 0 Å². The number of rotatable bonds is 4. The molecule has 0 aromatic rings. The first kappa shape index (κ1) is 16.2. The molecule has 2 fully saturated rings. The Morgan fingerprint density at radius 2 is 2.00 bits per heavy atom. The van der Waals surface area contributed by atoms with E-state index in [1.54, 1.807) is 6.92 Å². The standard InChI is InChI=1S/C13H21NO6S/c1-2-14(10-8-20-7-9(10)13(16)17)12(15)11-5-3-4-6-21(11,18)19/h9-11H,2-8H2,1H3,(H,16,17). The van der Waals surface area contributed by atoms with Crippen LogP contribution in [0.15, 0.2) is 0 Å². The topological polar surface area (TPSA) is 101 Å². The van der Waals surface area contributed by atoms with Crippen LogP contribution in [0.4, 0.5) is 0 Å². The van der Waals surface area contributed by atoms with E-state index in [1.165, 1.54) is 4.90 Å². The molecule has 0 aliphatic carbocycles. The highest BCUT2D eigenvalue weighted by molar-refractivity contribution is 7.92. The van der Waals surface area contributed by atoms with Crippen molar-refractivity contribution in [1.82, 2.24) is 4.90 Å². The van der Waals surface area contributed by atoms with Gasteiger partial charge in [0.25, 0.3) is 0 Å². The minimum atomic E-state index is -3.42. The molecule has 0 radical (unpaired) electrons. The van der Waals surface area contributed by atoms with Gasteiger partial charge in [-0.3, -0.25) is 9.59 Å². The van der Waals surface area contributed by atoms with E-state index in [1.807, 2.05) is 0 Å². The number of carbonyl (C=O) groups excluding carboxylic acids is 1. The Morgan fingerprint density at radius 1 is 1.29 bits per heavy atom. The molecule has 21 heavy (non-hydrogen) atoms. The zero-order chi connectivity index (χ0) is 15.6. The van der Waals surface area contributed by atoms with Crippen molar-refractivity contribution < 1.29 is 27.9 Å². The third-order valence-electron chi connectivity index (χ3n) is 4.25. The van der Waals surface area contributed by atoms with Crippen molar-refractivity contribution in [1.29, 1.82) is 0 Å². The number of nitrogens with zero attached hydrogens (tertiary/aromatic N) is 1. The average Bonchev–Trinajstić information content (AvgIpc) is 2.88. The molecular weight excluding hydrogens is 298 g/mol. The van der Waals surface area contributed by atoms with E-state index in [2.05, 4.69) is 0 Å². The Bertz CT molecular complexity index is 517. The van der Waals surface area contributed by atoms with E-state index >= 15 is 0 Å². The number of likely N-dealkylation sites (N-methyl/N-ethyl adjacent to an activating group) is 1. The van der Waals surface area contributed by atoms with Crippen molar-refractivity contribution in [2.24, 2.45) is 5.92 Å². The number of aliphatic carboxylic acids is 1. The molecule has 1 N–H and O–H groups in total. The number of hydrogen-bond acceptors (Lipinski definition) is 5. The van der Waals surface area contributed by atoms with Crippen LogP contribution in [0.3, 0.4) is 0 Å². The molecule has 2 heterocycles. The Kier molecular flexibility index (Phi) is 4.88. The van der Waals surface area contributed by atoms with Crippen molar-refractivity contribution in [2.75, 3.05) is 25.5 Å². The fourth-order valence-corrected chi connectivity index (χ4v) is 4.92. The number of carbonyl (C=O) groups is 2. The van der Waals surface area contributed by atoms with Crippen LogP contribution in [0.5, 0.6) is 0 Å². The summed E-state index contributed by atoms with van der Waals surface area (Å²) in [6.45, 7) is 2.21. The number of sulfone groups is 1. The van der Waals surface area contributed by atoms with E-state index in [0.717, 1.165) is 0 Å². The number of amides is 1. The van der Waals surface area contributed by atoms with Gasteiger partial charge < -0.3 is 14.7 Å². The predicted octanol–water partition coefficient (Wildman–Crippen LogP) is -0.0982. The van der Waals surface area contributed by atoms with Gasteiger partial charge in [-0.1, -0.05) is 6.42 Å². The lowest BCUT2D eigenvalue weighted by Crippen LogP contribution is -2.52. The normalized spacial score (nSPS) is 31.8. The van der Waals surface area contributed by atoms with E-state index < -0.39 is 38.9 Å². The second-order valence-electron chi connectivity index (χ2n) is 5.53. The number of carboxylic acid groups (broad SMARTS) is 1. The monoisotopic (exact) mass is 319 g/mol. The first-order valence-corrected chi connectivity index (χ1v) is 8.92. The van der Waals surface area contributed by atoms with Crippen molar-refractivity contribution in [3.63, 3.8) is 0 Å². The molecule has 1 amide bonds. The van der Waals surface area contributed by atoms with Crippen LogP contribution in [0.1, 0.15) is 26.2 Å². The largest absolute Gasteiger partial charge is 0.481 e. The van der Waals surface area contributed by atoms with Gasteiger partial charge in [-0.05, 0) is 19.8 Å². The van der Waals surface area contributed by atoms with Crippen LogP contribution in [0.2, 0.25) is 0 Å². The average molecular weight is 319 g/mol. The number of hydrogen-bond donors (Lipinski definition) is 1. The smallest absolute Gasteiger partial charge is 0.311 e. The molecule has 2 aliphatic rings. The van der Waals surface area contributed by atoms with Gasteiger partial charge in [0.05, 0.1) is 25.0 Å². The van der Waals surface area contributed by atoms with Crippen molar-refractivity contribution in [3.8, 4) is 0 Å². The molecule has 0 aromatic heterocycles. The predicted molar refractivity (Wildman–Crippen MR) is 74.5 cm³/mol. The molecule has 0 bridgehead atoms. The van der Waals surface area contributed by atoms with E-state index in [0.29, 0.717) is 19.3 Å². The summed E-state index contributed by atoms with van der Waals surface area (Å²) >= 11 is 0. The molecule has 0 spiro atoms. The number of ether oxygens (including phenoxy) is 1.